The normalized spacial score (nSPS) is 20.5. The fourth-order valence-electron chi connectivity index (χ4n) is 6.15. The van der Waals surface area contributed by atoms with Gasteiger partial charge in [-0.15, -0.1) is 0 Å². The van der Waals surface area contributed by atoms with Gasteiger partial charge in [0.15, 0.2) is 0 Å². The molecule has 1 N–H and O–H groups in total. The van der Waals surface area contributed by atoms with Gasteiger partial charge in [-0.25, -0.2) is 8.42 Å². The lowest BCUT2D eigenvalue weighted by Crippen LogP contribution is -2.58. The van der Waals surface area contributed by atoms with Gasteiger partial charge in [0.25, 0.3) is 0 Å². The van der Waals surface area contributed by atoms with Gasteiger partial charge in [0.1, 0.15) is 5.75 Å². The largest absolute Gasteiger partial charge is 0.497 e. The highest BCUT2D eigenvalue weighted by molar-refractivity contribution is 7.91. The minimum atomic E-state index is -3.85. The molecule has 37 heavy (non-hydrogen) atoms. The van der Waals surface area contributed by atoms with Gasteiger partial charge in [-0.1, -0.05) is 71.4 Å². The first kappa shape index (κ1) is 29.8. The highest BCUT2D eigenvalue weighted by atomic mass is 32.2. The Labute approximate surface area is 225 Å². The second-order valence-electron chi connectivity index (χ2n) is 11.3. The van der Waals surface area contributed by atoms with Crippen LogP contribution in [0.5, 0.6) is 5.75 Å². The first-order valence-electron chi connectivity index (χ1n) is 13.4. The number of β-amino-alcohol motifs (C(OH)–C–C–N with tert-alkyl or cyclic N) is 1. The van der Waals surface area contributed by atoms with Crippen molar-refractivity contribution in [2.45, 2.75) is 94.0 Å². The molecule has 6 nitrogen and oxygen atoms in total. The zero-order valence-corrected chi connectivity index (χ0v) is 25.5. The van der Waals surface area contributed by atoms with Crippen LogP contribution in [0.4, 0.5) is 0 Å². The topological polar surface area (TPSA) is 76.1 Å². The maximum atomic E-state index is 14.2. The molecule has 0 aromatic heterocycles. The van der Waals surface area contributed by atoms with Gasteiger partial charge in [-0.3, -0.25) is 4.90 Å². The van der Waals surface area contributed by atoms with E-state index < -0.39 is 29.8 Å². The van der Waals surface area contributed by atoms with Gasteiger partial charge in [0, 0.05) is 19.0 Å². The van der Waals surface area contributed by atoms with E-state index in [0.29, 0.717) is 13.0 Å². The molecular formula is C29H45NO5SSi. The third-order valence-corrected chi connectivity index (χ3v) is 16.2. The van der Waals surface area contributed by atoms with E-state index in [2.05, 4.69) is 41.5 Å². The lowest BCUT2D eigenvalue weighted by Gasteiger charge is -2.48. The van der Waals surface area contributed by atoms with Crippen LogP contribution in [0.25, 0.3) is 0 Å². The number of hydrogen-bond donors (Lipinski definition) is 1. The number of piperidine rings is 1. The molecule has 3 rings (SSSR count). The lowest BCUT2D eigenvalue weighted by atomic mass is 9.87. The van der Waals surface area contributed by atoms with Crippen LogP contribution >= 0.6 is 0 Å². The predicted molar refractivity (Wildman–Crippen MR) is 152 cm³/mol. The number of aliphatic hydroxyl groups excluding tert-OH is 1. The average molecular weight is 548 g/mol. The van der Waals surface area contributed by atoms with Crippen molar-refractivity contribution < 1.29 is 22.7 Å². The minimum absolute atomic E-state index is 0.0767. The standard InChI is InChI=1S/C29H45NO5SSi/c1-20(2)37(21(3)4,22(5)6)35-29(36(32,33)26-15-9-23(7)10-16-26)30-18-17-27(28(31)19-30)24-11-13-25(34-8)14-12-24/h9-16,20-22,27-29,31H,17-19H2,1-8H3/t27-,28+,29?/m1/s1. The summed E-state index contributed by atoms with van der Waals surface area (Å²) in [7, 11) is -4.78. The molecule has 0 bridgehead atoms. The molecular weight excluding hydrogens is 502 g/mol. The fourth-order valence-corrected chi connectivity index (χ4v) is 13.8. The number of likely N-dealkylation sites (tertiary alicyclic amines) is 1. The van der Waals surface area contributed by atoms with E-state index in [1.54, 1.807) is 19.2 Å². The molecule has 1 aliphatic rings. The first-order chi connectivity index (χ1) is 17.3. The van der Waals surface area contributed by atoms with Crippen molar-refractivity contribution in [1.29, 1.82) is 0 Å². The second kappa shape index (κ2) is 12.0. The van der Waals surface area contributed by atoms with Gasteiger partial charge < -0.3 is 14.3 Å². The van der Waals surface area contributed by atoms with Crippen LogP contribution in [0.15, 0.2) is 53.4 Å². The minimum Gasteiger partial charge on any atom is -0.497 e. The molecule has 0 aliphatic carbocycles. The molecule has 1 saturated heterocycles. The highest BCUT2D eigenvalue weighted by Gasteiger charge is 2.51. The number of benzene rings is 2. The quantitative estimate of drug-likeness (QED) is 0.362. The number of ether oxygens (including phenoxy) is 1. The molecule has 206 valence electrons. The summed E-state index contributed by atoms with van der Waals surface area (Å²) in [4.78, 5) is 2.11. The number of methoxy groups -OCH3 is 1. The molecule has 8 heteroatoms. The molecule has 0 saturated carbocycles. The van der Waals surface area contributed by atoms with E-state index in [4.69, 9.17) is 9.16 Å². The Balaban J connectivity index is 2.00. The average Bonchev–Trinajstić information content (AvgIpc) is 2.84. The van der Waals surface area contributed by atoms with Gasteiger partial charge in [0.05, 0.1) is 18.1 Å². The summed E-state index contributed by atoms with van der Waals surface area (Å²) < 4.78 is 40.6. The summed E-state index contributed by atoms with van der Waals surface area (Å²) in [5, 5.41) is 11.3. The van der Waals surface area contributed by atoms with Crippen molar-refractivity contribution in [1.82, 2.24) is 4.90 Å². The Morgan fingerprint density at radius 2 is 1.46 bits per heavy atom. The molecule has 1 unspecified atom stereocenters. The number of hydrogen-bond acceptors (Lipinski definition) is 6. The SMILES string of the molecule is COc1ccc([C@H]2CCN(C(O[Si](C(C)C)(C(C)C)C(C)C)S(=O)(=O)c3ccc(C)cc3)C[C@@H]2O)cc1. The number of rotatable bonds is 10. The van der Waals surface area contributed by atoms with Crippen molar-refractivity contribution in [2.75, 3.05) is 20.2 Å². The highest BCUT2D eigenvalue weighted by Crippen LogP contribution is 2.45. The van der Waals surface area contributed by atoms with Gasteiger partial charge in [-0.05, 0) is 59.8 Å². The molecule has 2 aromatic rings. The lowest BCUT2D eigenvalue weighted by molar-refractivity contribution is -0.00868. The van der Waals surface area contributed by atoms with Crippen molar-refractivity contribution in [2.24, 2.45) is 0 Å². The van der Waals surface area contributed by atoms with Crippen LogP contribution in [0.1, 0.15) is 65.0 Å². The summed E-state index contributed by atoms with van der Waals surface area (Å²) in [5.41, 5.74) is 1.57. The maximum Gasteiger partial charge on any atom is 0.218 e. The van der Waals surface area contributed by atoms with Gasteiger partial charge in [-0.2, -0.15) is 0 Å². The molecule has 0 spiro atoms. The van der Waals surface area contributed by atoms with Gasteiger partial charge in [0.2, 0.25) is 23.7 Å². The van der Waals surface area contributed by atoms with E-state index in [1.165, 1.54) is 0 Å². The van der Waals surface area contributed by atoms with Crippen LogP contribution in [-0.4, -0.2) is 58.6 Å². The summed E-state index contributed by atoms with van der Waals surface area (Å²) in [6.45, 7) is 15.6. The number of aliphatic hydroxyl groups is 1. The van der Waals surface area contributed by atoms with E-state index in [-0.39, 0.29) is 34.0 Å². The number of aryl methyl sites for hydroxylation is 1. The second-order valence-corrected chi connectivity index (χ2v) is 18.7. The molecule has 0 radical (unpaired) electrons. The summed E-state index contributed by atoms with van der Waals surface area (Å²) in [6, 6.07) is 14.8. The van der Waals surface area contributed by atoms with Crippen molar-refractivity contribution in [3.05, 3.63) is 59.7 Å². The van der Waals surface area contributed by atoms with Crippen molar-refractivity contribution in [3.63, 3.8) is 0 Å². The molecule has 1 aliphatic heterocycles. The smallest absolute Gasteiger partial charge is 0.218 e. The Morgan fingerprint density at radius 1 is 0.919 bits per heavy atom. The van der Waals surface area contributed by atoms with Gasteiger partial charge >= 0.3 is 0 Å². The van der Waals surface area contributed by atoms with E-state index in [9.17, 15) is 13.5 Å². The summed E-state index contributed by atoms with van der Waals surface area (Å²) in [5.74, 6) is 0.692. The predicted octanol–water partition coefficient (Wildman–Crippen LogP) is 6.10. The van der Waals surface area contributed by atoms with Crippen LogP contribution < -0.4 is 4.74 Å². The van der Waals surface area contributed by atoms with Crippen LogP contribution in [0.3, 0.4) is 0 Å². The molecule has 1 fully saturated rings. The molecule has 2 aromatic carbocycles. The fraction of sp³-hybridized carbons (Fsp3) is 0.586. The Hall–Kier alpha value is -1.71. The number of nitrogens with zero attached hydrogens (tertiary/aromatic N) is 1. The zero-order chi connectivity index (χ0) is 27.5. The monoisotopic (exact) mass is 547 g/mol. The van der Waals surface area contributed by atoms with Crippen LogP contribution in [-0.2, 0) is 14.3 Å². The Bertz CT molecular complexity index is 1090. The Morgan fingerprint density at radius 3 is 1.92 bits per heavy atom. The summed E-state index contributed by atoms with van der Waals surface area (Å²) >= 11 is 0. The first-order valence-corrected chi connectivity index (χ1v) is 17.1. The van der Waals surface area contributed by atoms with E-state index in [1.807, 2.05) is 48.2 Å². The van der Waals surface area contributed by atoms with E-state index in [0.717, 1.165) is 16.9 Å². The Kier molecular flexibility index (Phi) is 9.67. The molecule has 1 heterocycles. The summed E-state index contributed by atoms with van der Waals surface area (Å²) in [6.07, 6.45) is -0.0780. The van der Waals surface area contributed by atoms with E-state index >= 15 is 0 Å². The van der Waals surface area contributed by atoms with Crippen LogP contribution in [0.2, 0.25) is 16.6 Å². The van der Waals surface area contributed by atoms with Crippen molar-refractivity contribution in [3.8, 4) is 5.75 Å². The number of sulfone groups is 1. The molecule has 3 atom stereocenters. The molecule has 0 amide bonds. The van der Waals surface area contributed by atoms with Crippen molar-refractivity contribution >= 4 is 18.2 Å². The third-order valence-electron chi connectivity index (χ3n) is 8.08. The third kappa shape index (κ3) is 6.14. The zero-order valence-electron chi connectivity index (χ0n) is 23.6. The maximum absolute atomic E-state index is 14.2. The van der Waals surface area contributed by atoms with Crippen LogP contribution in [0, 0.1) is 6.92 Å².